The number of hydrogen-bond acceptors (Lipinski definition) is 3. The van der Waals surface area contributed by atoms with E-state index >= 15 is 0 Å². The number of nitrogens with one attached hydrogen (secondary N) is 2. The summed E-state index contributed by atoms with van der Waals surface area (Å²) in [4.78, 5) is 4.20. The van der Waals surface area contributed by atoms with E-state index in [9.17, 15) is 5.11 Å². The van der Waals surface area contributed by atoms with Gasteiger partial charge in [-0.25, -0.2) is 0 Å². The minimum atomic E-state index is 0. The molecular weight excluding hydrogens is 397 g/mol. The van der Waals surface area contributed by atoms with Crippen molar-refractivity contribution in [3.05, 3.63) is 35.9 Å². The summed E-state index contributed by atoms with van der Waals surface area (Å²) in [7, 11) is 1.76. The first-order valence-electron chi connectivity index (χ1n) is 6.84. The third-order valence-corrected chi connectivity index (χ3v) is 4.16. The van der Waals surface area contributed by atoms with Crippen LogP contribution in [-0.2, 0) is 0 Å². The summed E-state index contributed by atoms with van der Waals surface area (Å²) in [6.07, 6.45) is 2.10. The lowest BCUT2D eigenvalue weighted by atomic mass is 10.0. The van der Waals surface area contributed by atoms with E-state index in [1.54, 1.807) is 7.05 Å². The zero-order valence-corrected chi connectivity index (χ0v) is 16.0. The predicted molar refractivity (Wildman–Crippen MR) is 104 cm³/mol. The third-order valence-electron chi connectivity index (χ3n) is 3.19. The second-order valence-electron chi connectivity index (χ2n) is 4.67. The first kappa shape index (κ1) is 20.5. The standard InChI is InChI=1S/C15H25N3OS.HI/c1-12(20-3)9-17-15(16-2)18-10-14(11-19)13-7-5-4-6-8-13;/h4-8,12,14,19H,9-11H2,1-3H3,(H2,16,17,18);1H. The zero-order valence-electron chi connectivity index (χ0n) is 12.9. The van der Waals surface area contributed by atoms with Crippen LogP contribution in [0.1, 0.15) is 18.4 Å². The van der Waals surface area contributed by atoms with Gasteiger partial charge >= 0.3 is 0 Å². The van der Waals surface area contributed by atoms with Crippen LogP contribution in [-0.4, -0.2) is 49.3 Å². The molecule has 21 heavy (non-hydrogen) atoms. The largest absolute Gasteiger partial charge is 0.396 e. The van der Waals surface area contributed by atoms with E-state index in [2.05, 4.69) is 28.8 Å². The molecule has 0 aliphatic rings. The molecule has 1 rings (SSSR count). The Morgan fingerprint density at radius 1 is 1.24 bits per heavy atom. The lowest BCUT2D eigenvalue weighted by Crippen LogP contribution is -2.42. The summed E-state index contributed by atoms with van der Waals surface area (Å²) in [6.45, 7) is 3.82. The summed E-state index contributed by atoms with van der Waals surface area (Å²) in [5, 5.41) is 16.6. The van der Waals surface area contributed by atoms with E-state index in [1.807, 2.05) is 42.1 Å². The smallest absolute Gasteiger partial charge is 0.191 e. The van der Waals surface area contributed by atoms with E-state index in [0.29, 0.717) is 11.8 Å². The topological polar surface area (TPSA) is 56.7 Å². The highest BCUT2D eigenvalue weighted by Crippen LogP contribution is 2.13. The molecule has 1 aromatic carbocycles. The molecule has 0 saturated carbocycles. The van der Waals surface area contributed by atoms with E-state index in [0.717, 1.165) is 18.1 Å². The molecule has 0 amide bonds. The minimum Gasteiger partial charge on any atom is -0.396 e. The second-order valence-corrected chi connectivity index (χ2v) is 5.95. The van der Waals surface area contributed by atoms with E-state index in [-0.39, 0.29) is 36.5 Å². The Balaban J connectivity index is 0.00000400. The average molecular weight is 423 g/mol. The molecule has 0 fully saturated rings. The number of aliphatic hydroxyl groups is 1. The van der Waals surface area contributed by atoms with Gasteiger partial charge in [0.15, 0.2) is 5.96 Å². The molecule has 2 atom stereocenters. The van der Waals surface area contributed by atoms with Crippen molar-refractivity contribution < 1.29 is 5.11 Å². The van der Waals surface area contributed by atoms with Crippen molar-refractivity contribution in [3.63, 3.8) is 0 Å². The van der Waals surface area contributed by atoms with Gasteiger partial charge in [0.05, 0.1) is 6.61 Å². The van der Waals surface area contributed by atoms with Crippen molar-refractivity contribution in [1.82, 2.24) is 10.6 Å². The zero-order chi connectivity index (χ0) is 14.8. The first-order valence-corrected chi connectivity index (χ1v) is 8.13. The molecule has 0 bridgehead atoms. The maximum atomic E-state index is 9.52. The summed E-state index contributed by atoms with van der Waals surface area (Å²) in [5.74, 6) is 0.855. The molecule has 6 heteroatoms. The SMILES string of the molecule is CN=C(NCC(C)SC)NCC(CO)c1ccccc1.I. The fourth-order valence-corrected chi connectivity index (χ4v) is 2.03. The van der Waals surface area contributed by atoms with Gasteiger partial charge in [0.2, 0.25) is 0 Å². The number of nitrogens with zero attached hydrogens (tertiary/aromatic N) is 1. The number of thioether (sulfide) groups is 1. The van der Waals surface area contributed by atoms with Crippen LogP contribution >= 0.6 is 35.7 Å². The number of benzene rings is 1. The van der Waals surface area contributed by atoms with Crippen molar-refractivity contribution in [2.75, 3.05) is 33.0 Å². The van der Waals surface area contributed by atoms with Crippen LogP contribution < -0.4 is 10.6 Å². The fraction of sp³-hybridized carbons (Fsp3) is 0.533. The van der Waals surface area contributed by atoms with E-state index in [4.69, 9.17) is 0 Å². The Morgan fingerprint density at radius 3 is 2.38 bits per heavy atom. The highest BCUT2D eigenvalue weighted by Gasteiger charge is 2.11. The fourth-order valence-electron chi connectivity index (χ4n) is 1.78. The van der Waals surface area contributed by atoms with Crippen LogP contribution in [0.5, 0.6) is 0 Å². The normalized spacial score (nSPS) is 14.0. The van der Waals surface area contributed by atoms with Gasteiger partial charge in [-0.3, -0.25) is 4.99 Å². The van der Waals surface area contributed by atoms with Crippen molar-refractivity contribution >= 4 is 41.7 Å². The van der Waals surface area contributed by atoms with Crippen LogP contribution in [0.2, 0.25) is 0 Å². The van der Waals surface area contributed by atoms with Crippen LogP contribution in [0.15, 0.2) is 35.3 Å². The van der Waals surface area contributed by atoms with Gasteiger partial charge in [0.25, 0.3) is 0 Å². The minimum absolute atomic E-state index is 0. The van der Waals surface area contributed by atoms with Crippen LogP contribution in [0.4, 0.5) is 0 Å². The van der Waals surface area contributed by atoms with Gasteiger partial charge in [-0.05, 0) is 11.8 Å². The Bertz CT molecular complexity index is 403. The number of aliphatic imine (C=N–C) groups is 1. The lowest BCUT2D eigenvalue weighted by molar-refractivity contribution is 0.265. The Morgan fingerprint density at radius 2 is 1.86 bits per heavy atom. The molecule has 4 nitrogen and oxygen atoms in total. The van der Waals surface area contributed by atoms with Crippen molar-refractivity contribution in [3.8, 4) is 0 Å². The average Bonchev–Trinajstić information content (AvgIpc) is 2.51. The number of halogens is 1. The highest BCUT2D eigenvalue weighted by molar-refractivity contribution is 14.0. The van der Waals surface area contributed by atoms with Gasteiger partial charge < -0.3 is 15.7 Å². The lowest BCUT2D eigenvalue weighted by Gasteiger charge is -2.19. The Kier molecular flexibility index (Phi) is 11.8. The number of hydrogen-bond donors (Lipinski definition) is 3. The maximum Gasteiger partial charge on any atom is 0.191 e. The molecule has 0 spiro atoms. The predicted octanol–water partition coefficient (Wildman–Crippen LogP) is 2.30. The highest BCUT2D eigenvalue weighted by atomic mass is 127. The summed E-state index contributed by atoms with van der Waals surface area (Å²) in [5.41, 5.74) is 1.13. The molecule has 0 aliphatic carbocycles. The van der Waals surface area contributed by atoms with Crippen molar-refractivity contribution in [1.29, 1.82) is 0 Å². The molecular formula is C15H26IN3OS. The molecule has 0 aliphatic heterocycles. The molecule has 120 valence electrons. The molecule has 0 saturated heterocycles. The second kappa shape index (κ2) is 12.1. The van der Waals surface area contributed by atoms with Crippen LogP contribution in [0.25, 0.3) is 0 Å². The molecule has 1 aromatic rings. The van der Waals surface area contributed by atoms with Gasteiger partial charge in [0.1, 0.15) is 0 Å². The number of aliphatic hydroxyl groups excluding tert-OH is 1. The number of rotatable bonds is 7. The monoisotopic (exact) mass is 423 g/mol. The van der Waals surface area contributed by atoms with Crippen molar-refractivity contribution in [2.45, 2.75) is 18.1 Å². The molecule has 0 heterocycles. The summed E-state index contributed by atoms with van der Waals surface area (Å²) >= 11 is 1.82. The van der Waals surface area contributed by atoms with Gasteiger partial charge in [0, 0.05) is 31.3 Å². The molecule has 0 radical (unpaired) electrons. The molecule has 3 N–H and O–H groups in total. The Labute approximate surface area is 149 Å². The Hall–Kier alpha value is -0.470. The van der Waals surface area contributed by atoms with Crippen LogP contribution in [0.3, 0.4) is 0 Å². The summed E-state index contributed by atoms with van der Waals surface area (Å²) in [6, 6.07) is 10.0. The van der Waals surface area contributed by atoms with Gasteiger partial charge in [-0.15, -0.1) is 24.0 Å². The number of guanidine groups is 1. The van der Waals surface area contributed by atoms with E-state index in [1.165, 1.54) is 0 Å². The molecule has 2 unspecified atom stereocenters. The quantitative estimate of drug-likeness (QED) is 0.358. The maximum absolute atomic E-state index is 9.52. The molecule has 0 aromatic heterocycles. The third kappa shape index (κ3) is 7.92. The van der Waals surface area contributed by atoms with Gasteiger partial charge in [-0.2, -0.15) is 11.8 Å². The van der Waals surface area contributed by atoms with Gasteiger partial charge in [-0.1, -0.05) is 37.3 Å². The van der Waals surface area contributed by atoms with E-state index < -0.39 is 0 Å². The van der Waals surface area contributed by atoms with Crippen LogP contribution in [0, 0.1) is 0 Å². The first-order chi connectivity index (χ1) is 9.71. The summed E-state index contributed by atoms with van der Waals surface area (Å²) < 4.78 is 0. The van der Waals surface area contributed by atoms with Crippen molar-refractivity contribution in [2.24, 2.45) is 4.99 Å².